The Kier molecular flexibility index (Phi) is 5.54. The molecule has 1 heterocycles. The van der Waals surface area contributed by atoms with Gasteiger partial charge in [-0.15, -0.1) is 11.8 Å². The molecular weight excluding hydrogens is 242 g/mol. The van der Waals surface area contributed by atoms with Crippen LogP contribution in [0.15, 0.2) is 23.1 Å². The van der Waals surface area contributed by atoms with Crippen molar-refractivity contribution in [3.05, 3.63) is 29.3 Å². The van der Waals surface area contributed by atoms with E-state index in [9.17, 15) is 0 Å². The Morgan fingerprint density at radius 1 is 1.33 bits per heavy atom. The van der Waals surface area contributed by atoms with Crippen LogP contribution < -0.4 is 0 Å². The molecule has 0 fully saturated rings. The van der Waals surface area contributed by atoms with Crippen LogP contribution in [-0.2, 0) is 13.0 Å². The molecule has 18 heavy (non-hydrogen) atoms. The zero-order valence-corrected chi connectivity index (χ0v) is 12.0. The molecule has 0 amide bonds. The molecule has 0 saturated heterocycles. The Morgan fingerprint density at radius 2 is 2.22 bits per heavy atom. The molecule has 0 atom stereocenters. The van der Waals surface area contributed by atoms with Crippen molar-refractivity contribution in [3.63, 3.8) is 0 Å². The summed E-state index contributed by atoms with van der Waals surface area (Å²) in [5.74, 6) is 1.27. The number of fused-ring (bicyclic) bond motifs is 1. The lowest BCUT2D eigenvalue weighted by atomic mass is 10.1. The zero-order valence-electron chi connectivity index (χ0n) is 11.2. The third-order valence-corrected chi connectivity index (χ3v) is 4.58. The average Bonchev–Trinajstić information content (AvgIpc) is 2.39. The van der Waals surface area contributed by atoms with Gasteiger partial charge in [0.25, 0.3) is 0 Å². The summed E-state index contributed by atoms with van der Waals surface area (Å²) in [5, 5.41) is 8.78. The Labute approximate surface area is 114 Å². The minimum atomic E-state index is 0.309. The molecule has 0 unspecified atom stereocenters. The number of benzene rings is 1. The van der Waals surface area contributed by atoms with E-state index in [1.54, 1.807) is 0 Å². The van der Waals surface area contributed by atoms with Crippen molar-refractivity contribution in [2.75, 3.05) is 26.0 Å². The van der Waals surface area contributed by atoms with E-state index in [0.29, 0.717) is 6.61 Å². The molecule has 1 aliphatic rings. The summed E-state index contributed by atoms with van der Waals surface area (Å²) in [6, 6.07) is 6.93. The fourth-order valence-corrected chi connectivity index (χ4v) is 3.42. The lowest BCUT2D eigenvalue weighted by molar-refractivity contribution is 0.261. The van der Waals surface area contributed by atoms with Crippen LogP contribution in [0.4, 0.5) is 0 Å². The monoisotopic (exact) mass is 265 g/mol. The number of hydrogen-bond donors (Lipinski definition) is 1. The van der Waals surface area contributed by atoms with Gasteiger partial charge < -0.3 is 10.0 Å². The van der Waals surface area contributed by atoms with Crippen molar-refractivity contribution in [2.24, 2.45) is 0 Å². The second kappa shape index (κ2) is 7.17. The molecule has 2 rings (SSSR count). The lowest BCUT2D eigenvalue weighted by Crippen LogP contribution is -2.19. The third-order valence-electron chi connectivity index (χ3n) is 3.37. The maximum absolute atomic E-state index is 8.78. The second-order valence-electron chi connectivity index (χ2n) is 5.06. The molecule has 0 aliphatic carbocycles. The van der Waals surface area contributed by atoms with Crippen LogP contribution in [0.5, 0.6) is 0 Å². The smallest absolute Gasteiger partial charge is 0.0431 e. The molecule has 1 aromatic carbocycles. The predicted octanol–water partition coefficient (Wildman–Crippen LogP) is 2.93. The first-order valence-electron chi connectivity index (χ1n) is 6.83. The van der Waals surface area contributed by atoms with Gasteiger partial charge in [-0.3, -0.25) is 0 Å². The van der Waals surface area contributed by atoms with Crippen LogP contribution in [0.1, 0.15) is 30.4 Å². The van der Waals surface area contributed by atoms with Gasteiger partial charge in [-0.1, -0.05) is 12.1 Å². The highest BCUT2D eigenvalue weighted by Gasteiger charge is 2.10. The number of rotatable bonds is 6. The second-order valence-corrected chi connectivity index (χ2v) is 6.20. The predicted molar refractivity (Wildman–Crippen MR) is 78.1 cm³/mol. The summed E-state index contributed by atoms with van der Waals surface area (Å²) in [4.78, 5) is 3.82. The van der Waals surface area contributed by atoms with Crippen LogP contribution in [-0.4, -0.2) is 36.0 Å². The normalized spacial score (nSPS) is 14.8. The first-order chi connectivity index (χ1) is 8.79. The maximum atomic E-state index is 8.78. The zero-order chi connectivity index (χ0) is 12.8. The van der Waals surface area contributed by atoms with Crippen LogP contribution in [0.2, 0.25) is 0 Å². The molecule has 3 heteroatoms. The Hall–Kier alpha value is -0.510. The number of thioether (sulfide) groups is 1. The number of nitrogens with zero attached hydrogens (tertiary/aromatic N) is 1. The summed E-state index contributed by atoms with van der Waals surface area (Å²) < 4.78 is 0. The van der Waals surface area contributed by atoms with Gasteiger partial charge in [0, 0.05) is 18.0 Å². The van der Waals surface area contributed by atoms with Crippen LogP contribution >= 0.6 is 11.8 Å². The highest BCUT2D eigenvalue weighted by Crippen LogP contribution is 2.30. The Morgan fingerprint density at radius 3 is 3.06 bits per heavy atom. The van der Waals surface area contributed by atoms with Crippen LogP contribution in [0.3, 0.4) is 0 Å². The first kappa shape index (κ1) is 13.9. The van der Waals surface area contributed by atoms with Crippen LogP contribution in [0.25, 0.3) is 0 Å². The fraction of sp³-hybridized carbons (Fsp3) is 0.600. The molecular formula is C15H23NOS. The van der Waals surface area contributed by atoms with Crippen molar-refractivity contribution in [3.8, 4) is 0 Å². The van der Waals surface area contributed by atoms with Crippen molar-refractivity contribution in [1.82, 2.24) is 4.90 Å². The quantitative estimate of drug-likeness (QED) is 0.800. The summed E-state index contributed by atoms with van der Waals surface area (Å²) in [5.41, 5.74) is 2.95. The van der Waals surface area contributed by atoms with Gasteiger partial charge in [0.2, 0.25) is 0 Å². The highest BCUT2D eigenvalue weighted by atomic mass is 32.2. The average molecular weight is 265 g/mol. The standard InChI is InChI=1S/C15H23NOS/c1-16(8-2-3-9-17)12-13-6-7-15-14(11-13)5-4-10-18-15/h6-7,11,17H,2-5,8-10,12H2,1H3. The molecule has 0 spiro atoms. The van der Waals surface area contributed by atoms with E-state index in [-0.39, 0.29) is 0 Å². The number of aryl methyl sites for hydroxylation is 1. The van der Waals surface area contributed by atoms with E-state index >= 15 is 0 Å². The van der Waals surface area contributed by atoms with Gasteiger partial charge in [-0.05, 0) is 62.2 Å². The summed E-state index contributed by atoms with van der Waals surface area (Å²) in [6.07, 6.45) is 4.54. The molecule has 1 N–H and O–H groups in total. The summed E-state index contributed by atoms with van der Waals surface area (Å²) in [6.45, 7) is 2.39. The molecule has 2 nitrogen and oxygen atoms in total. The topological polar surface area (TPSA) is 23.5 Å². The van der Waals surface area contributed by atoms with Crippen molar-refractivity contribution >= 4 is 11.8 Å². The summed E-state index contributed by atoms with van der Waals surface area (Å²) >= 11 is 1.99. The van der Waals surface area contributed by atoms with Crippen molar-refractivity contribution in [2.45, 2.75) is 37.1 Å². The Balaban J connectivity index is 1.89. The molecule has 0 aromatic heterocycles. The van der Waals surface area contributed by atoms with E-state index in [1.807, 2.05) is 11.8 Å². The van der Waals surface area contributed by atoms with E-state index < -0.39 is 0 Å². The minimum Gasteiger partial charge on any atom is -0.396 e. The van der Waals surface area contributed by atoms with E-state index in [1.165, 1.54) is 34.6 Å². The van der Waals surface area contributed by atoms with E-state index in [4.69, 9.17) is 5.11 Å². The maximum Gasteiger partial charge on any atom is 0.0431 e. The molecule has 100 valence electrons. The number of unbranched alkanes of at least 4 members (excludes halogenated alkanes) is 1. The van der Waals surface area contributed by atoms with Crippen LogP contribution in [0, 0.1) is 0 Å². The Bertz CT molecular complexity index is 381. The largest absolute Gasteiger partial charge is 0.396 e. The molecule has 0 bridgehead atoms. The first-order valence-corrected chi connectivity index (χ1v) is 7.82. The SMILES string of the molecule is CN(CCCCO)Cc1ccc2c(c1)CCCS2. The van der Waals surface area contributed by atoms with E-state index in [2.05, 4.69) is 30.1 Å². The van der Waals surface area contributed by atoms with Gasteiger partial charge in [0.15, 0.2) is 0 Å². The van der Waals surface area contributed by atoms with Gasteiger partial charge in [-0.25, -0.2) is 0 Å². The number of hydrogen-bond acceptors (Lipinski definition) is 3. The molecule has 1 aliphatic heterocycles. The van der Waals surface area contributed by atoms with Gasteiger partial charge in [0.1, 0.15) is 0 Å². The minimum absolute atomic E-state index is 0.309. The molecule has 0 radical (unpaired) electrons. The molecule has 1 aromatic rings. The van der Waals surface area contributed by atoms with Crippen molar-refractivity contribution in [1.29, 1.82) is 0 Å². The van der Waals surface area contributed by atoms with Gasteiger partial charge in [0.05, 0.1) is 0 Å². The van der Waals surface area contributed by atoms with Gasteiger partial charge in [-0.2, -0.15) is 0 Å². The summed E-state index contributed by atoms with van der Waals surface area (Å²) in [7, 11) is 2.16. The number of aliphatic hydroxyl groups is 1. The third kappa shape index (κ3) is 4.01. The molecule has 0 saturated carbocycles. The van der Waals surface area contributed by atoms with Crippen molar-refractivity contribution < 1.29 is 5.11 Å². The fourth-order valence-electron chi connectivity index (χ4n) is 2.40. The van der Waals surface area contributed by atoms with Gasteiger partial charge >= 0.3 is 0 Å². The highest BCUT2D eigenvalue weighted by molar-refractivity contribution is 7.99. The van der Waals surface area contributed by atoms with E-state index in [0.717, 1.165) is 25.9 Å². The number of aliphatic hydroxyl groups excluding tert-OH is 1. The lowest BCUT2D eigenvalue weighted by Gasteiger charge is -2.19.